The van der Waals surface area contributed by atoms with Gasteiger partial charge in [0.05, 0.1) is 11.5 Å². The molecule has 1 aromatic carbocycles. The van der Waals surface area contributed by atoms with Crippen molar-refractivity contribution >= 4 is 41.9 Å². The summed E-state index contributed by atoms with van der Waals surface area (Å²) in [5.41, 5.74) is 0.973. The minimum Gasteiger partial charge on any atom is -0.284 e. The average molecular weight is 399 g/mol. The van der Waals surface area contributed by atoms with Crippen molar-refractivity contribution in [1.82, 2.24) is 4.47 Å². The van der Waals surface area contributed by atoms with Crippen molar-refractivity contribution in [3.8, 4) is 0 Å². The van der Waals surface area contributed by atoms with Crippen molar-refractivity contribution in [1.29, 1.82) is 0 Å². The standard InChI is InChI=1S/C11H13Br2NO3S/c1-8-6-10(13)11(7-9(8)12)18(15,16)14-4-2-3-5-17-14/h6-7H,2-5H2,1H3. The second-order valence-corrected chi connectivity index (χ2v) is 7.61. The maximum absolute atomic E-state index is 12.4. The first-order valence-corrected chi connectivity index (χ1v) is 8.57. The van der Waals surface area contributed by atoms with Crippen LogP contribution >= 0.6 is 31.9 Å². The summed E-state index contributed by atoms with van der Waals surface area (Å²) in [7, 11) is -3.60. The SMILES string of the molecule is Cc1cc(Br)c(S(=O)(=O)N2CCCCO2)cc1Br. The molecule has 18 heavy (non-hydrogen) atoms. The van der Waals surface area contributed by atoms with Gasteiger partial charge in [-0.05, 0) is 53.4 Å². The van der Waals surface area contributed by atoms with Crippen LogP contribution in [0.2, 0.25) is 0 Å². The van der Waals surface area contributed by atoms with E-state index in [1.165, 1.54) is 0 Å². The summed E-state index contributed by atoms with van der Waals surface area (Å²) in [6.07, 6.45) is 1.72. The molecule has 0 aliphatic carbocycles. The van der Waals surface area contributed by atoms with Crippen molar-refractivity contribution in [2.45, 2.75) is 24.7 Å². The number of sulfonamides is 1. The molecular formula is C11H13Br2NO3S. The molecular weight excluding hydrogens is 386 g/mol. The highest BCUT2D eigenvalue weighted by atomic mass is 79.9. The lowest BCUT2D eigenvalue weighted by Gasteiger charge is -2.25. The lowest BCUT2D eigenvalue weighted by atomic mass is 10.2. The molecule has 1 saturated heterocycles. The van der Waals surface area contributed by atoms with Gasteiger partial charge in [-0.2, -0.15) is 0 Å². The van der Waals surface area contributed by atoms with Crippen LogP contribution in [0.4, 0.5) is 0 Å². The van der Waals surface area contributed by atoms with Gasteiger partial charge >= 0.3 is 0 Å². The number of hydrogen-bond acceptors (Lipinski definition) is 3. The summed E-state index contributed by atoms with van der Waals surface area (Å²) in [4.78, 5) is 5.46. The molecule has 1 fully saturated rings. The van der Waals surface area contributed by atoms with E-state index in [9.17, 15) is 8.42 Å². The molecule has 2 rings (SSSR count). The van der Waals surface area contributed by atoms with E-state index in [4.69, 9.17) is 4.84 Å². The topological polar surface area (TPSA) is 46.6 Å². The number of aryl methyl sites for hydroxylation is 1. The predicted octanol–water partition coefficient (Wildman–Crippen LogP) is 3.24. The Bertz CT molecular complexity index is 554. The Morgan fingerprint density at radius 2 is 1.94 bits per heavy atom. The maximum Gasteiger partial charge on any atom is 0.266 e. The first kappa shape index (κ1) is 14.5. The van der Waals surface area contributed by atoms with Gasteiger partial charge in [0.25, 0.3) is 10.0 Å². The molecule has 4 nitrogen and oxygen atoms in total. The summed E-state index contributed by atoms with van der Waals surface area (Å²) >= 11 is 6.65. The summed E-state index contributed by atoms with van der Waals surface area (Å²) in [5.74, 6) is 0. The van der Waals surface area contributed by atoms with Crippen LogP contribution < -0.4 is 0 Å². The molecule has 0 bridgehead atoms. The van der Waals surface area contributed by atoms with Gasteiger partial charge < -0.3 is 0 Å². The fourth-order valence-corrected chi connectivity index (χ4v) is 4.64. The van der Waals surface area contributed by atoms with E-state index in [0.717, 1.165) is 27.3 Å². The Balaban J connectivity index is 2.43. The van der Waals surface area contributed by atoms with Gasteiger partial charge in [0.2, 0.25) is 0 Å². The summed E-state index contributed by atoms with van der Waals surface area (Å²) < 4.78 is 27.2. The molecule has 1 aromatic rings. The Kier molecular flexibility index (Phi) is 4.48. The van der Waals surface area contributed by atoms with Crippen molar-refractivity contribution in [3.05, 3.63) is 26.6 Å². The Morgan fingerprint density at radius 1 is 1.22 bits per heavy atom. The highest BCUT2D eigenvalue weighted by Gasteiger charge is 2.29. The van der Waals surface area contributed by atoms with E-state index in [0.29, 0.717) is 17.6 Å². The monoisotopic (exact) mass is 397 g/mol. The lowest BCUT2D eigenvalue weighted by molar-refractivity contribution is -0.108. The normalized spacial score (nSPS) is 17.9. The van der Waals surface area contributed by atoms with Crippen LogP contribution in [-0.4, -0.2) is 26.0 Å². The van der Waals surface area contributed by atoms with Crippen molar-refractivity contribution in [2.75, 3.05) is 13.2 Å². The molecule has 0 saturated carbocycles. The van der Waals surface area contributed by atoms with E-state index in [1.54, 1.807) is 12.1 Å². The number of nitrogens with zero attached hydrogens (tertiary/aromatic N) is 1. The third-order valence-electron chi connectivity index (χ3n) is 2.73. The molecule has 100 valence electrons. The van der Waals surface area contributed by atoms with Crippen LogP contribution in [0.3, 0.4) is 0 Å². The van der Waals surface area contributed by atoms with Gasteiger partial charge in [0.15, 0.2) is 0 Å². The van der Waals surface area contributed by atoms with Crippen LogP contribution in [0, 0.1) is 6.92 Å². The zero-order valence-electron chi connectivity index (χ0n) is 9.82. The third kappa shape index (κ3) is 2.80. The fourth-order valence-electron chi connectivity index (χ4n) is 1.70. The van der Waals surface area contributed by atoms with Gasteiger partial charge in [-0.15, -0.1) is 0 Å². The fraction of sp³-hybridized carbons (Fsp3) is 0.455. The third-order valence-corrected chi connectivity index (χ3v) is 6.22. The Labute approximate surface area is 124 Å². The van der Waals surface area contributed by atoms with Crippen molar-refractivity contribution in [3.63, 3.8) is 0 Å². The van der Waals surface area contributed by atoms with Crippen LogP contribution in [0.15, 0.2) is 26.0 Å². The minimum absolute atomic E-state index is 0.224. The van der Waals surface area contributed by atoms with Crippen molar-refractivity contribution < 1.29 is 13.3 Å². The quantitative estimate of drug-likeness (QED) is 0.768. The Morgan fingerprint density at radius 3 is 2.56 bits per heavy atom. The maximum atomic E-state index is 12.4. The van der Waals surface area contributed by atoms with Gasteiger partial charge in [0, 0.05) is 15.5 Å². The number of hydroxylamine groups is 1. The molecule has 7 heteroatoms. The smallest absolute Gasteiger partial charge is 0.266 e. The second-order valence-electron chi connectivity index (χ2n) is 4.10. The van der Waals surface area contributed by atoms with Crippen LogP contribution in [0.1, 0.15) is 18.4 Å². The van der Waals surface area contributed by atoms with E-state index in [2.05, 4.69) is 31.9 Å². The first-order chi connectivity index (χ1) is 8.43. The summed E-state index contributed by atoms with van der Waals surface area (Å²) in [6.45, 7) is 2.76. The molecule has 1 heterocycles. The zero-order valence-corrected chi connectivity index (χ0v) is 13.8. The number of benzene rings is 1. The highest BCUT2D eigenvalue weighted by molar-refractivity contribution is 9.11. The number of halogens is 2. The van der Waals surface area contributed by atoms with Gasteiger partial charge in [-0.25, -0.2) is 8.42 Å². The first-order valence-electron chi connectivity index (χ1n) is 5.54. The van der Waals surface area contributed by atoms with E-state index >= 15 is 0 Å². The largest absolute Gasteiger partial charge is 0.284 e. The van der Waals surface area contributed by atoms with Crippen LogP contribution in [0.5, 0.6) is 0 Å². The number of hydrogen-bond donors (Lipinski definition) is 0. The molecule has 1 aliphatic heterocycles. The average Bonchev–Trinajstić information content (AvgIpc) is 2.34. The molecule has 0 spiro atoms. The molecule has 0 atom stereocenters. The van der Waals surface area contributed by atoms with Crippen molar-refractivity contribution in [2.24, 2.45) is 0 Å². The summed E-state index contributed by atoms with van der Waals surface area (Å²) in [5, 5.41) is 0. The minimum atomic E-state index is -3.60. The highest BCUT2D eigenvalue weighted by Crippen LogP contribution is 2.31. The van der Waals surface area contributed by atoms with Crippen LogP contribution in [0.25, 0.3) is 0 Å². The van der Waals surface area contributed by atoms with Gasteiger partial charge in [-0.1, -0.05) is 20.4 Å². The molecule has 0 N–H and O–H groups in total. The second kappa shape index (κ2) is 5.58. The molecule has 0 aromatic heterocycles. The number of rotatable bonds is 2. The predicted molar refractivity (Wildman–Crippen MR) is 75.7 cm³/mol. The van der Waals surface area contributed by atoms with E-state index < -0.39 is 10.0 Å². The zero-order chi connectivity index (χ0) is 13.3. The van der Waals surface area contributed by atoms with Gasteiger partial charge in [0.1, 0.15) is 0 Å². The molecule has 0 unspecified atom stereocenters. The molecule has 0 amide bonds. The van der Waals surface area contributed by atoms with E-state index in [-0.39, 0.29) is 4.90 Å². The van der Waals surface area contributed by atoms with Crippen LogP contribution in [-0.2, 0) is 14.9 Å². The van der Waals surface area contributed by atoms with E-state index in [1.807, 2.05) is 6.92 Å². The Hall–Kier alpha value is 0.0500. The lowest BCUT2D eigenvalue weighted by Crippen LogP contribution is -2.35. The molecule has 1 aliphatic rings. The van der Waals surface area contributed by atoms with Gasteiger partial charge in [-0.3, -0.25) is 4.84 Å². The molecule has 0 radical (unpaired) electrons. The summed E-state index contributed by atoms with van der Waals surface area (Å²) in [6, 6.07) is 3.38.